The van der Waals surface area contributed by atoms with Crippen LogP contribution in [0.2, 0.25) is 0 Å². The number of carbonyl (C=O) groups excluding carboxylic acids is 2. The fourth-order valence-electron chi connectivity index (χ4n) is 3.49. The number of ketones is 1. The van der Waals surface area contributed by atoms with Crippen LogP contribution >= 0.6 is 0 Å². The van der Waals surface area contributed by atoms with Crippen LogP contribution in [0, 0.1) is 33.5 Å². The number of fused-ring (bicyclic) bond motifs is 1. The van der Waals surface area contributed by atoms with E-state index in [1.54, 1.807) is 27.7 Å². The average Bonchev–Trinajstić information content (AvgIpc) is 2.68. The summed E-state index contributed by atoms with van der Waals surface area (Å²) in [5, 5.41) is 19.5. The molecule has 0 aromatic heterocycles. The van der Waals surface area contributed by atoms with Crippen LogP contribution in [-0.4, -0.2) is 24.1 Å². The average molecular weight is 356 g/mol. The summed E-state index contributed by atoms with van der Waals surface area (Å²) in [7, 11) is 0. The third kappa shape index (κ3) is 3.80. The topological polar surface area (TPSA) is 100 Å². The van der Waals surface area contributed by atoms with Gasteiger partial charge in [0.25, 0.3) is 0 Å². The second-order valence-electron chi connectivity index (χ2n) is 8.04. The zero-order valence-corrected chi connectivity index (χ0v) is 15.7. The minimum absolute atomic E-state index is 0.0374. The summed E-state index contributed by atoms with van der Waals surface area (Å²) in [6.45, 7) is 6.92. The van der Waals surface area contributed by atoms with Crippen molar-refractivity contribution >= 4 is 11.9 Å². The highest BCUT2D eigenvalue weighted by molar-refractivity contribution is 5.90. The van der Waals surface area contributed by atoms with E-state index in [1.807, 2.05) is 12.2 Å². The molecule has 0 spiro atoms. The zero-order chi connectivity index (χ0) is 19.6. The van der Waals surface area contributed by atoms with Crippen LogP contribution in [0.1, 0.15) is 53.4 Å². The number of hydrogen-bond donors (Lipinski definition) is 0. The number of hydrogen-bond acceptors (Lipinski definition) is 6. The molecule has 2 aliphatic carbocycles. The second kappa shape index (κ2) is 6.96. The van der Waals surface area contributed by atoms with E-state index < -0.39 is 22.6 Å². The van der Waals surface area contributed by atoms with E-state index in [0.717, 1.165) is 0 Å². The van der Waals surface area contributed by atoms with Gasteiger partial charge in [0.2, 0.25) is 0 Å². The van der Waals surface area contributed by atoms with Crippen LogP contribution in [0.15, 0.2) is 23.3 Å². The Morgan fingerprint density at radius 1 is 1.27 bits per heavy atom. The van der Waals surface area contributed by atoms with Crippen LogP contribution < -0.4 is 0 Å². The maximum atomic E-state index is 12.6. The molecule has 2 aliphatic rings. The Hall–Kier alpha value is -2.60. The van der Waals surface area contributed by atoms with Gasteiger partial charge >= 0.3 is 6.16 Å². The number of Topliss-reactive ketones (excluding diaryl/α,β-unsaturated/α-hetero) is 1. The molecular formula is C20H24N2O4. The van der Waals surface area contributed by atoms with Crippen LogP contribution in [0.25, 0.3) is 0 Å². The lowest BCUT2D eigenvalue weighted by atomic mass is 9.62. The molecule has 1 atom stereocenters. The summed E-state index contributed by atoms with van der Waals surface area (Å²) < 4.78 is 10.3. The molecule has 2 rings (SSSR count). The SMILES string of the molecule is CC(C)(C)OC(=O)OCC1=CCC2(C)C(=O)CCC=C2C(C#N)(C#N)C1. The lowest BCUT2D eigenvalue weighted by Gasteiger charge is -2.37. The van der Waals surface area contributed by atoms with Crippen molar-refractivity contribution in [3.05, 3.63) is 23.3 Å². The molecular weight excluding hydrogens is 332 g/mol. The van der Waals surface area contributed by atoms with Gasteiger partial charge in [0.15, 0.2) is 5.41 Å². The van der Waals surface area contributed by atoms with Gasteiger partial charge in [-0.15, -0.1) is 0 Å². The highest BCUT2D eigenvalue weighted by Gasteiger charge is 2.51. The maximum absolute atomic E-state index is 12.6. The molecule has 0 amide bonds. The highest BCUT2D eigenvalue weighted by Crippen LogP contribution is 2.51. The summed E-state index contributed by atoms with van der Waals surface area (Å²) >= 11 is 0. The Morgan fingerprint density at radius 2 is 1.92 bits per heavy atom. The third-order valence-electron chi connectivity index (χ3n) is 4.83. The van der Waals surface area contributed by atoms with Gasteiger partial charge in [0, 0.05) is 12.8 Å². The lowest BCUT2D eigenvalue weighted by Crippen LogP contribution is -2.38. The summed E-state index contributed by atoms with van der Waals surface area (Å²) in [6, 6.07) is 4.23. The van der Waals surface area contributed by atoms with Gasteiger partial charge in [0.1, 0.15) is 18.0 Å². The Balaban J connectivity index is 2.28. The molecule has 0 aromatic carbocycles. The van der Waals surface area contributed by atoms with E-state index in [-0.39, 0.29) is 18.8 Å². The van der Waals surface area contributed by atoms with Crippen LogP contribution in [0.5, 0.6) is 0 Å². The molecule has 6 heteroatoms. The second-order valence-corrected chi connectivity index (χ2v) is 8.04. The van der Waals surface area contributed by atoms with Crippen LogP contribution in [0.4, 0.5) is 4.79 Å². The summed E-state index contributed by atoms with van der Waals surface area (Å²) in [4.78, 5) is 24.3. The van der Waals surface area contributed by atoms with E-state index in [1.165, 1.54) is 0 Å². The predicted octanol–water partition coefficient (Wildman–Crippen LogP) is 3.99. The number of allylic oxidation sites excluding steroid dienone is 3. The first-order chi connectivity index (χ1) is 12.1. The third-order valence-corrected chi connectivity index (χ3v) is 4.83. The van der Waals surface area contributed by atoms with Crippen molar-refractivity contribution in [2.75, 3.05) is 6.61 Å². The predicted molar refractivity (Wildman–Crippen MR) is 93.6 cm³/mol. The van der Waals surface area contributed by atoms with Gasteiger partial charge in [-0.05, 0) is 51.7 Å². The Labute approximate surface area is 154 Å². The van der Waals surface area contributed by atoms with Gasteiger partial charge in [-0.3, -0.25) is 4.79 Å². The molecule has 6 nitrogen and oxygen atoms in total. The van der Waals surface area contributed by atoms with E-state index in [0.29, 0.717) is 30.4 Å². The summed E-state index contributed by atoms with van der Waals surface area (Å²) in [5.41, 5.74) is -1.74. The van der Waals surface area contributed by atoms with E-state index in [2.05, 4.69) is 12.1 Å². The fourth-order valence-corrected chi connectivity index (χ4v) is 3.49. The summed E-state index contributed by atoms with van der Waals surface area (Å²) in [6.07, 6.45) is 4.31. The number of rotatable bonds is 2. The minimum Gasteiger partial charge on any atom is -0.430 e. The molecule has 0 aliphatic heterocycles. The fraction of sp³-hybridized carbons (Fsp3) is 0.600. The van der Waals surface area contributed by atoms with Crippen LogP contribution in [-0.2, 0) is 14.3 Å². The van der Waals surface area contributed by atoms with E-state index in [9.17, 15) is 20.1 Å². The van der Waals surface area contributed by atoms with E-state index in [4.69, 9.17) is 9.47 Å². The van der Waals surface area contributed by atoms with Gasteiger partial charge in [-0.2, -0.15) is 10.5 Å². The van der Waals surface area contributed by atoms with E-state index >= 15 is 0 Å². The number of carbonyl (C=O) groups is 2. The molecule has 0 radical (unpaired) electrons. The maximum Gasteiger partial charge on any atom is 0.509 e. The largest absolute Gasteiger partial charge is 0.509 e. The molecule has 138 valence electrons. The van der Waals surface area contributed by atoms with Gasteiger partial charge in [-0.1, -0.05) is 12.2 Å². The number of nitrogens with zero attached hydrogens (tertiary/aromatic N) is 2. The van der Waals surface area contributed by atoms with Gasteiger partial charge in [0.05, 0.1) is 17.6 Å². The molecule has 1 unspecified atom stereocenters. The molecule has 0 heterocycles. The first kappa shape index (κ1) is 19.7. The Morgan fingerprint density at radius 3 is 2.50 bits per heavy atom. The van der Waals surface area contributed by atoms with Crippen molar-refractivity contribution in [2.45, 2.75) is 59.0 Å². The molecule has 0 saturated heterocycles. The normalized spacial score (nSPS) is 24.8. The standard InChI is InChI=1S/C20H24N2O4/c1-18(2,3)26-17(24)25-11-14-8-9-19(4)15(6-5-7-16(19)23)20(10-14,12-21)13-22/h6,8H,5,7,9-11H2,1-4H3. The number of ether oxygens (including phenoxy) is 2. The first-order valence-corrected chi connectivity index (χ1v) is 8.67. The van der Waals surface area contributed by atoms with Crippen molar-refractivity contribution in [3.8, 4) is 12.1 Å². The van der Waals surface area contributed by atoms with Gasteiger partial charge < -0.3 is 9.47 Å². The van der Waals surface area contributed by atoms with Crippen LogP contribution in [0.3, 0.4) is 0 Å². The minimum atomic E-state index is -1.43. The number of nitriles is 2. The van der Waals surface area contributed by atoms with Gasteiger partial charge in [-0.25, -0.2) is 4.79 Å². The highest BCUT2D eigenvalue weighted by atomic mass is 16.7. The lowest BCUT2D eigenvalue weighted by molar-refractivity contribution is -0.126. The van der Waals surface area contributed by atoms with Crippen molar-refractivity contribution < 1.29 is 19.1 Å². The van der Waals surface area contributed by atoms with Crippen molar-refractivity contribution in [1.82, 2.24) is 0 Å². The monoisotopic (exact) mass is 356 g/mol. The van der Waals surface area contributed by atoms with Crippen molar-refractivity contribution in [3.63, 3.8) is 0 Å². The Kier molecular flexibility index (Phi) is 5.28. The zero-order valence-electron chi connectivity index (χ0n) is 15.7. The molecule has 0 bridgehead atoms. The van der Waals surface area contributed by atoms with Crippen molar-refractivity contribution in [2.24, 2.45) is 10.8 Å². The molecule has 0 N–H and O–H groups in total. The molecule has 0 fully saturated rings. The Bertz CT molecular complexity index is 744. The van der Waals surface area contributed by atoms with Crippen molar-refractivity contribution in [1.29, 1.82) is 10.5 Å². The quantitative estimate of drug-likeness (QED) is 0.548. The first-order valence-electron chi connectivity index (χ1n) is 8.67. The summed E-state index contributed by atoms with van der Waals surface area (Å²) in [5.74, 6) is 0.0374. The molecule has 0 aromatic rings. The molecule has 26 heavy (non-hydrogen) atoms. The smallest absolute Gasteiger partial charge is 0.430 e. The molecule has 0 saturated carbocycles.